The predicted molar refractivity (Wildman–Crippen MR) is 131 cm³/mol. The minimum Gasteiger partial charge on any atom is -0.319 e. The van der Waals surface area contributed by atoms with Gasteiger partial charge < -0.3 is 5.32 Å². The van der Waals surface area contributed by atoms with E-state index in [0.717, 1.165) is 18.5 Å². The number of sulfonamides is 1. The van der Waals surface area contributed by atoms with E-state index < -0.39 is 21.5 Å². The summed E-state index contributed by atoms with van der Waals surface area (Å²) < 4.78 is 30.0. The number of aromatic nitrogens is 2. The van der Waals surface area contributed by atoms with Gasteiger partial charge in [-0.2, -0.15) is 10.4 Å². The lowest BCUT2D eigenvalue weighted by Crippen LogP contribution is -2.40. The molecule has 0 aliphatic rings. The number of carbonyl (C=O) groups is 1. The van der Waals surface area contributed by atoms with Gasteiger partial charge in [-0.3, -0.25) is 4.79 Å². The van der Waals surface area contributed by atoms with Gasteiger partial charge in [0.2, 0.25) is 10.0 Å². The molecule has 1 aromatic heterocycles. The van der Waals surface area contributed by atoms with E-state index in [2.05, 4.69) is 28.1 Å². The summed E-state index contributed by atoms with van der Waals surface area (Å²) in [5.74, 6) is -0.504. The van der Waals surface area contributed by atoms with Crippen LogP contribution in [-0.2, 0) is 16.4 Å². The second kappa shape index (κ2) is 10.2. The molecule has 34 heavy (non-hydrogen) atoms. The molecule has 2 aromatic carbocycles. The minimum atomic E-state index is -3.88. The van der Waals surface area contributed by atoms with Crippen LogP contribution in [-0.4, -0.2) is 29.6 Å². The predicted octanol–water partition coefficient (Wildman–Crippen LogP) is 4.42. The van der Waals surface area contributed by atoms with Crippen LogP contribution in [0.4, 0.5) is 5.69 Å². The molecule has 3 aromatic rings. The Hall–Kier alpha value is -3.48. The van der Waals surface area contributed by atoms with E-state index >= 15 is 0 Å². The normalized spacial score (nSPS) is 11.7. The Bertz CT molecular complexity index is 1330. The van der Waals surface area contributed by atoms with Crippen molar-refractivity contribution in [3.05, 3.63) is 71.5 Å². The number of nitrogens with zero attached hydrogens (tertiary/aromatic N) is 3. The highest BCUT2D eigenvalue weighted by Gasteiger charge is 2.26. The van der Waals surface area contributed by atoms with Gasteiger partial charge in [0.1, 0.15) is 10.6 Å². The fourth-order valence-corrected chi connectivity index (χ4v) is 5.01. The third-order valence-corrected chi connectivity index (χ3v) is 6.68. The van der Waals surface area contributed by atoms with Crippen LogP contribution in [0, 0.1) is 11.3 Å². The molecule has 0 saturated carbocycles. The van der Waals surface area contributed by atoms with Crippen LogP contribution in [0.3, 0.4) is 0 Å². The van der Waals surface area contributed by atoms with Gasteiger partial charge in [-0.1, -0.05) is 31.5 Å². The summed E-state index contributed by atoms with van der Waals surface area (Å²) in [4.78, 5) is 13.3. The van der Waals surface area contributed by atoms with Crippen LogP contribution in [0.2, 0.25) is 0 Å². The molecule has 0 bridgehead atoms. The second-order valence-electron chi connectivity index (χ2n) is 9.00. The molecule has 0 fully saturated rings. The molecular weight excluding hydrogens is 450 g/mol. The fraction of sp³-hybridized carbons (Fsp3) is 0.320. The van der Waals surface area contributed by atoms with Crippen molar-refractivity contribution in [1.29, 1.82) is 5.26 Å². The molecule has 2 N–H and O–H groups in total. The van der Waals surface area contributed by atoms with Crippen LogP contribution in [0.25, 0.3) is 5.69 Å². The first-order valence-corrected chi connectivity index (χ1v) is 12.6. The number of para-hydroxylation sites is 1. The number of amides is 1. The maximum absolute atomic E-state index is 13.4. The molecule has 1 heterocycles. The van der Waals surface area contributed by atoms with Crippen molar-refractivity contribution in [2.75, 3.05) is 5.32 Å². The Kier molecular flexibility index (Phi) is 7.54. The SMILES string of the molecule is CCCCc1cc(C(=O)Nc2ccccc2S(=O)(=O)NC(C)(C)C)n(-c2cccc(C#N)c2)n1. The minimum absolute atomic E-state index is 0.0259. The van der Waals surface area contributed by atoms with Crippen LogP contribution in [0.5, 0.6) is 0 Å². The maximum atomic E-state index is 13.4. The molecule has 0 saturated heterocycles. The fourth-order valence-electron chi connectivity index (χ4n) is 3.42. The Balaban J connectivity index is 2.01. The zero-order valence-corrected chi connectivity index (χ0v) is 20.6. The van der Waals surface area contributed by atoms with Crippen LogP contribution in [0.15, 0.2) is 59.5 Å². The Morgan fingerprint density at radius 1 is 1.12 bits per heavy atom. The Labute approximate surface area is 200 Å². The highest BCUT2D eigenvalue weighted by Crippen LogP contribution is 2.24. The number of benzene rings is 2. The van der Waals surface area contributed by atoms with Gasteiger partial charge in [0.25, 0.3) is 5.91 Å². The third-order valence-electron chi connectivity index (χ3n) is 4.86. The molecule has 0 aliphatic carbocycles. The molecule has 0 aliphatic heterocycles. The molecule has 0 radical (unpaired) electrons. The summed E-state index contributed by atoms with van der Waals surface area (Å²) in [7, 11) is -3.88. The van der Waals surface area contributed by atoms with Crippen LogP contribution in [0.1, 0.15) is 62.3 Å². The van der Waals surface area contributed by atoms with E-state index in [1.54, 1.807) is 69.3 Å². The number of anilines is 1. The topological polar surface area (TPSA) is 117 Å². The Morgan fingerprint density at radius 2 is 1.85 bits per heavy atom. The molecule has 1 amide bonds. The summed E-state index contributed by atoms with van der Waals surface area (Å²) in [6.07, 6.45) is 2.59. The van der Waals surface area contributed by atoms with Crippen molar-refractivity contribution in [2.45, 2.75) is 57.4 Å². The first-order valence-electron chi connectivity index (χ1n) is 11.1. The van der Waals surface area contributed by atoms with E-state index in [0.29, 0.717) is 17.7 Å². The van der Waals surface area contributed by atoms with Gasteiger partial charge in [0, 0.05) is 5.54 Å². The molecule has 0 unspecified atom stereocenters. The van der Waals surface area contributed by atoms with Gasteiger partial charge in [0.15, 0.2) is 0 Å². The number of nitriles is 1. The van der Waals surface area contributed by atoms with Crippen LogP contribution >= 0.6 is 0 Å². The van der Waals surface area contributed by atoms with Crippen molar-refractivity contribution in [3.8, 4) is 11.8 Å². The summed E-state index contributed by atoms with van der Waals surface area (Å²) >= 11 is 0. The van der Waals surface area contributed by atoms with Gasteiger partial charge >= 0.3 is 0 Å². The molecule has 0 atom stereocenters. The van der Waals surface area contributed by atoms with Gasteiger partial charge in [-0.15, -0.1) is 0 Å². The molecule has 8 nitrogen and oxygen atoms in total. The van der Waals surface area contributed by atoms with Crippen molar-refractivity contribution in [3.63, 3.8) is 0 Å². The van der Waals surface area contributed by atoms with Crippen molar-refractivity contribution in [2.24, 2.45) is 0 Å². The first kappa shape index (κ1) is 25.1. The maximum Gasteiger partial charge on any atom is 0.274 e. The molecule has 9 heteroatoms. The number of rotatable bonds is 8. The molecular formula is C25H29N5O3S. The van der Waals surface area contributed by atoms with E-state index in [1.807, 2.05) is 0 Å². The van der Waals surface area contributed by atoms with Gasteiger partial charge in [-0.05, 0) is 70.0 Å². The lowest BCUT2D eigenvalue weighted by Gasteiger charge is -2.21. The van der Waals surface area contributed by atoms with E-state index in [1.165, 1.54) is 10.7 Å². The van der Waals surface area contributed by atoms with Gasteiger partial charge in [-0.25, -0.2) is 17.8 Å². The molecule has 0 spiro atoms. The summed E-state index contributed by atoms with van der Waals surface area (Å²) in [6, 6.07) is 16.9. The number of hydrogen-bond acceptors (Lipinski definition) is 5. The van der Waals surface area contributed by atoms with E-state index in [4.69, 9.17) is 0 Å². The summed E-state index contributed by atoms with van der Waals surface area (Å²) in [6.45, 7) is 7.32. The third kappa shape index (κ3) is 6.10. The highest BCUT2D eigenvalue weighted by atomic mass is 32.2. The van der Waals surface area contributed by atoms with Crippen molar-refractivity contribution >= 4 is 21.6 Å². The largest absolute Gasteiger partial charge is 0.319 e. The van der Waals surface area contributed by atoms with E-state index in [9.17, 15) is 18.5 Å². The van der Waals surface area contributed by atoms with Gasteiger partial charge in [0.05, 0.1) is 28.7 Å². The number of unbranched alkanes of at least 4 members (excludes halogenated alkanes) is 1. The monoisotopic (exact) mass is 479 g/mol. The van der Waals surface area contributed by atoms with Crippen molar-refractivity contribution < 1.29 is 13.2 Å². The molecule has 178 valence electrons. The average molecular weight is 480 g/mol. The second-order valence-corrected chi connectivity index (χ2v) is 10.7. The van der Waals surface area contributed by atoms with Crippen molar-refractivity contribution in [1.82, 2.24) is 14.5 Å². The zero-order valence-electron chi connectivity index (χ0n) is 19.8. The number of carbonyl (C=O) groups excluding carboxylic acids is 1. The zero-order chi connectivity index (χ0) is 24.9. The first-order chi connectivity index (χ1) is 16.0. The Morgan fingerprint density at radius 3 is 2.53 bits per heavy atom. The molecule has 3 rings (SSSR count). The lowest BCUT2D eigenvalue weighted by atomic mass is 10.1. The smallest absolute Gasteiger partial charge is 0.274 e. The lowest BCUT2D eigenvalue weighted by molar-refractivity contribution is 0.101. The highest BCUT2D eigenvalue weighted by molar-refractivity contribution is 7.89. The summed E-state index contributed by atoms with van der Waals surface area (Å²) in [5.41, 5.74) is 1.48. The number of nitrogens with one attached hydrogen (secondary N) is 2. The van der Waals surface area contributed by atoms with Crippen LogP contribution < -0.4 is 10.0 Å². The quantitative estimate of drug-likeness (QED) is 0.496. The average Bonchev–Trinajstić information content (AvgIpc) is 3.21. The number of hydrogen-bond donors (Lipinski definition) is 2. The summed E-state index contributed by atoms with van der Waals surface area (Å²) in [5, 5.41) is 16.6. The number of aryl methyl sites for hydroxylation is 1. The van der Waals surface area contributed by atoms with E-state index in [-0.39, 0.29) is 16.3 Å². The standard InChI is InChI=1S/C25H29N5O3S/c1-5-6-11-19-16-22(30(28-19)20-12-9-10-18(15-20)17-26)24(31)27-21-13-7-8-14-23(21)34(32,33)29-25(2,3)4/h7-10,12-16,29H,5-6,11H2,1-4H3,(H,27,31).